The predicted octanol–water partition coefficient (Wildman–Crippen LogP) is 2.18. The van der Waals surface area contributed by atoms with Crippen LogP contribution in [0.5, 0.6) is 0 Å². The van der Waals surface area contributed by atoms with E-state index in [1.807, 2.05) is 0 Å². The fourth-order valence-corrected chi connectivity index (χ4v) is 2.98. The van der Waals surface area contributed by atoms with E-state index in [0.717, 1.165) is 6.07 Å². The molecule has 7 nitrogen and oxygen atoms in total. The molecule has 0 fully saturated rings. The first-order valence-corrected chi connectivity index (χ1v) is 7.98. The number of rotatable bonds is 2. The summed E-state index contributed by atoms with van der Waals surface area (Å²) in [5.41, 5.74) is 10.0. The van der Waals surface area contributed by atoms with Crippen molar-refractivity contribution in [2.45, 2.75) is 13.1 Å². The fraction of sp³-hybridized carbons (Fsp3) is 0.176. The third-order valence-corrected chi connectivity index (χ3v) is 4.07. The highest BCUT2D eigenvalue weighted by atomic mass is 19.4. The maximum atomic E-state index is 13.3. The van der Waals surface area contributed by atoms with Crippen molar-refractivity contribution >= 4 is 23.1 Å². The Hall–Kier alpha value is -3.27. The van der Waals surface area contributed by atoms with Crippen LogP contribution < -0.4 is 11.2 Å². The number of halogens is 3. The highest BCUT2D eigenvalue weighted by Crippen LogP contribution is 2.36. The molecule has 0 aromatic carbocycles. The van der Waals surface area contributed by atoms with Gasteiger partial charge >= 0.3 is 6.18 Å². The standard InChI is InChI=1S/C17H14F3N7/c1-9-6-11(7-12(25-9)17(18,19)20)13-14(10-2-4-22-5-3-10)26-16(21)27-15(13)23-8-24-27/h2-7,24H,8H2,1H3,(H2,21,26). The summed E-state index contributed by atoms with van der Waals surface area (Å²) in [4.78, 5) is 16.3. The van der Waals surface area contributed by atoms with Gasteiger partial charge in [-0.2, -0.15) is 13.2 Å². The van der Waals surface area contributed by atoms with Crippen LogP contribution in [-0.2, 0) is 6.18 Å². The summed E-state index contributed by atoms with van der Waals surface area (Å²) < 4.78 is 39.8. The van der Waals surface area contributed by atoms with E-state index in [1.165, 1.54) is 11.9 Å². The Morgan fingerprint density at radius 1 is 1.15 bits per heavy atom. The molecule has 0 aliphatic carbocycles. The molecule has 10 heteroatoms. The van der Waals surface area contributed by atoms with Crippen LogP contribution in [0.15, 0.2) is 46.6 Å². The van der Waals surface area contributed by atoms with Gasteiger partial charge in [0.05, 0.1) is 11.3 Å². The summed E-state index contributed by atoms with van der Waals surface area (Å²) in [6.07, 6.45) is -1.41. The van der Waals surface area contributed by atoms with Gasteiger partial charge in [0.25, 0.3) is 0 Å². The van der Waals surface area contributed by atoms with Crippen LogP contribution in [0.1, 0.15) is 22.5 Å². The van der Waals surface area contributed by atoms with Gasteiger partial charge in [-0.15, -0.1) is 0 Å². The lowest BCUT2D eigenvalue weighted by Crippen LogP contribution is -2.48. The predicted molar refractivity (Wildman–Crippen MR) is 93.9 cm³/mol. The maximum Gasteiger partial charge on any atom is 0.433 e. The number of hydrogen-bond donors (Lipinski definition) is 2. The molecule has 2 aromatic rings. The average Bonchev–Trinajstić information content (AvgIpc) is 3.11. The van der Waals surface area contributed by atoms with E-state index in [1.54, 1.807) is 30.6 Å². The van der Waals surface area contributed by atoms with Crippen molar-refractivity contribution in [1.82, 2.24) is 20.4 Å². The Bertz CT molecular complexity index is 993. The second kappa shape index (κ2) is 6.16. The van der Waals surface area contributed by atoms with E-state index in [9.17, 15) is 13.2 Å². The zero-order valence-electron chi connectivity index (χ0n) is 14.1. The molecule has 0 bridgehead atoms. The molecule has 0 saturated carbocycles. The van der Waals surface area contributed by atoms with Crippen LogP contribution in [0.2, 0.25) is 0 Å². The molecule has 138 valence electrons. The van der Waals surface area contributed by atoms with Crippen LogP contribution >= 0.6 is 0 Å². The van der Waals surface area contributed by atoms with Crippen molar-refractivity contribution in [1.29, 1.82) is 0 Å². The number of aromatic nitrogens is 2. The summed E-state index contributed by atoms with van der Waals surface area (Å²) in [6, 6.07) is 5.99. The summed E-state index contributed by atoms with van der Waals surface area (Å²) in [7, 11) is 0. The number of hydrogen-bond acceptors (Lipinski definition) is 7. The van der Waals surface area contributed by atoms with Crippen LogP contribution in [0.3, 0.4) is 0 Å². The molecule has 0 spiro atoms. The summed E-state index contributed by atoms with van der Waals surface area (Å²) in [5, 5.41) is 1.46. The third-order valence-electron chi connectivity index (χ3n) is 4.07. The van der Waals surface area contributed by atoms with Gasteiger partial charge < -0.3 is 5.73 Å². The SMILES string of the molecule is Cc1cc(C2=C(c3ccncc3)N=C(N)N3NCN=C23)cc(C(F)(F)F)n1. The molecule has 0 atom stereocenters. The number of fused-ring (bicyclic) bond motifs is 1. The molecule has 27 heavy (non-hydrogen) atoms. The Labute approximate surface area is 152 Å². The van der Waals surface area contributed by atoms with E-state index >= 15 is 0 Å². The van der Waals surface area contributed by atoms with Gasteiger partial charge in [0, 0.05) is 23.7 Å². The zero-order chi connectivity index (χ0) is 19.2. The number of pyridine rings is 2. The van der Waals surface area contributed by atoms with Crippen molar-refractivity contribution in [2.24, 2.45) is 15.7 Å². The van der Waals surface area contributed by atoms with Crippen LogP contribution in [0, 0.1) is 6.92 Å². The second-order valence-corrected chi connectivity index (χ2v) is 5.94. The number of nitrogens with two attached hydrogens (primary N) is 1. The molecule has 2 aliphatic heterocycles. The minimum Gasteiger partial charge on any atom is -0.368 e. The topological polar surface area (TPSA) is 91.8 Å². The number of hydrazine groups is 1. The monoisotopic (exact) mass is 373 g/mol. The van der Waals surface area contributed by atoms with Crippen LogP contribution in [0.25, 0.3) is 11.3 Å². The quantitative estimate of drug-likeness (QED) is 0.842. The zero-order valence-corrected chi connectivity index (χ0v) is 14.1. The first kappa shape index (κ1) is 17.2. The van der Waals surface area contributed by atoms with Crippen LogP contribution in [-0.4, -0.2) is 33.4 Å². The van der Waals surface area contributed by atoms with Gasteiger partial charge in [0.2, 0.25) is 5.96 Å². The van der Waals surface area contributed by atoms with E-state index in [-0.39, 0.29) is 18.3 Å². The number of alkyl halides is 3. The summed E-state index contributed by atoms with van der Waals surface area (Å²) in [5.74, 6) is 0.566. The summed E-state index contributed by atoms with van der Waals surface area (Å²) in [6.45, 7) is 1.76. The Morgan fingerprint density at radius 3 is 2.59 bits per heavy atom. The number of aryl methyl sites for hydroxylation is 1. The average molecular weight is 373 g/mol. The van der Waals surface area contributed by atoms with Crippen molar-refractivity contribution in [2.75, 3.05) is 6.67 Å². The van der Waals surface area contributed by atoms with E-state index < -0.39 is 11.9 Å². The lowest BCUT2D eigenvalue weighted by atomic mass is 9.97. The van der Waals surface area contributed by atoms with Gasteiger partial charge in [0.1, 0.15) is 12.4 Å². The van der Waals surface area contributed by atoms with Crippen molar-refractivity contribution in [3.05, 3.63) is 59.2 Å². The number of aliphatic imine (C=N–C) groups is 2. The molecule has 4 heterocycles. The van der Waals surface area contributed by atoms with Gasteiger partial charge in [-0.25, -0.2) is 25.4 Å². The fourth-order valence-electron chi connectivity index (χ4n) is 2.98. The molecular weight excluding hydrogens is 359 g/mol. The molecule has 4 rings (SSSR count). The summed E-state index contributed by atoms with van der Waals surface area (Å²) >= 11 is 0. The van der Waals surface area contributed by atoms with Gasteiger partial charge in [0.15, 0.2) is 5.84 Å². The number of nitrogens with one attached hydrogen (secondary N) is 1. The Balaban J connectivity index is 2.00. The van der Waals surface area contributed by atoms with Crippen molar-refractivity contribution in [3.63, 3.8) is 0 Å². The first-order valence-electron chi connectivity index (χ1n) is 7.98. The first-order chi connectivity index (χ1) is 12.8. The molecule has 0 saturated heterocycles. The van der Waals surface area contributed by atoms with E-state index in [2.05, 4.69) is 25.4 Å². The smallest absolute Gasteiger partial charge is 0.368 e. The lowest BCUT2D eigenvalue weighted by Gasteiger charge is -2.27. The maximum absolute atomic E-state index is 13.3. The molecule has 2 aliphatic rings. The number of amidine groups is 1. The highest BCUT2D eigenvalue weighted by molar-refractivity contribution is 6.35. The highest BCUT2D eigenvalue weighted by Gasteiger charge is 2.36. The van der Waals surface area contributed by atoms with Crippen molar-refractivity contribution < 1.29 is 13.2 Å². The third kappa shape index (κ3) is 3.04. The molecule has 0 unspecified atom stereocenters. The largest absolute Gasteiger partial charge is 0.433 e. The number of nitrogens with zero attached hydrogens (tertiary/aromatic N) is 5. The van der Waals surface area contributed by atoms with Crippen molar-refractivity contribution in [3.8, 4) is 0 Å². The molecular formula is C17H14F3N7. The molecule has 3 N–H and O–H groups in total. The molecule has 2 aromatic heterocycles. The van der Waals surface area contributed by atoms with Gasteiger partial charge in [-0.1, -0.05) is 0 Å². The minimum absolute atomic E-state index is 0.156. The normalized spacial score (nSPS) is 17.0. The van der Waals surface area contributed by atoms with Gasteiger partial charge in [-0.05, 0) is 36.8 Å². The van der Waals surface area contributed by atoms with E-state index in [0.29, 0.717) is 28.2 Å². The van der Waals surface area contributed by atoms with Gasteiger partial charge in [-0.3, -0.25) is 4.98 Å². The number of guanidine groups is 1. The Morgan fingerprint density at radius 2 is 1.89 bits per heavy atom. The minimum atomic E-state index is -4.56. The second-order valence-electron chi connectivity index (χ2n) is 5.94. The molecule has 0 radical (unpaired) electrons. The van der Waals surface area contributed by atoms with E-state index in [4.69, 9.17) is 5.73 Å². The lowest BCUT2D eigenvalue weighted by molar-refractivity contribution is -0.141. The van der Waals surface area contributed by atoms with Crippen LogP contribution in [0.4, 0.5) is 13.2 Å². The Kier molecular flexibility index (Phi) is 3.92. The molecule has 0 amide bonds.